The fraction of sp³-hybridized carbons (Fsp3) is 0.300. The summed E-state index contributed by atoms with van der Waals surface area (Å²) in [6.07, 6.45) is -1.58. The molecule has 0 aromatic heterocycles. The molecule has 1 unspecified atom stereocenters. The second kappa shape index (κ2) is 8.77. The Morgan fingerprint density at radius 1 is 1.00 bits per heavy atom. The maximum atomic E-state index is 12.7. The van der Waals surface area contributed by atoms with Crippen LogP contribution in [-0.2, 0) is 9.53 Å². The number of hydrogen-bond acceptors (Lipinski definition) is 4. The van der Waals surface area contributed by atoms with Gasteiger partial charge in [-0.25, -0.2) is 4.79 Å². The molecule has 0 spiro atoms. The molecule has 142 valence electrons. The van der Waals surface area contributed by atoms with Gasteiger partial charge in [-0.2, -0.15) is 0 Å². The minimum absolute atomic E-state index is 0.0515. The zero-order valence-electron chi connectivity index (χ0n) is 14.9. The number of benzene rings is 2. The lowest BCUT2D eigenvalue weighted by molar-refractivity contribution is -0.133. The zero-order chi connectivity index (χ0) is 19.2. The Hall–Kier alpha value is -2.73. The third kappa shape index (κ3) is 5.14. The van der Waals surface area contributed by atoms with E-state index < -0.39 is 12.2 Å². The molecule has 2 aromatic rings. The lowest BCUT2D eigenvalue weighted by atomic mass is 10.1. The quantitative estimate of drug-likeness (QED) is 0.854. The van der Waals surface area contributed by atoms with Crippen LogP contribution in [-0.4, -0.2) is 43.1 Å². The van der Waals surface area contributed by atoms with Crippen molar-refractivity contribution in [2.45, 2.75) is 12.5 Å². The van der Waals surface area contributed by atoms with Crippen LogP contribution < -0.4 is 10.6 Å². The maximum absolute atomic E-state index is 12.7. The molecule has 1 aliphatic heterocycles. The van der Waals surface area contributed by atoms with E-state index in [0.29, 0.717) is 23.7 Å². The second-order valence-corrected chi connectivity index (χ2v) is 6.82. The number of carbonyl (C=O) groups excluding carboxylic acids is 2. The topological polar surface area (TPSA) is 75.9 Å². The van der Waals surface area contributed by atoms with Crippen molar-refractivity contribution in [3.05, 3.63) is 65.2 Å². The Morgan fingerprint density at radius 2 is 1.63 bits per heavy atom. The molecule has 1 atom stereocenters. The van der Waals surface area contributed by atoms with Crippen LogP contribution in [0.2, 0.25) is 5.02 Å². The molecule has 0 bridgehead atoms. The van der Waals surface area contributed by atoms with Gasteiger partial charge in [-0.05, 0) is 29.8 Å². The molecule has 0 saturated carbocycles. The lowest BCUT2D eigenvalue weighted by Crippen LogP contribution is -2.49. The van der Waals surface area contributed by atoms with E-state index in [-0.39, 0.29) is 12.3 Å². The predicted molar refractivity (Wildman–Crippen MR) is 105 cm³/mol. The summed E-state index contributed by atoms with van der Waals surface area (Å²) in [6, 6.07) is 17.0. The van der Waals surface area contributed by atoms with Crippen molar-refractivity contribution in [3.8, 4) is 0 Å². The van der Waals surface area contributed by atoms with Crippen LogP contribution >= 0.6 is 11.6 Å². The number of hydrogen-bond donors (Lipinski definition) is 1. The first kappa shape index (κ1) is 19.0. The van der Waals surface area contributed by atoms with E-state index in [1.165, 1.54) is 0 Å². The Kier molecular flexibility index (Phi) is 6.19. The predicted octanol–water partition coefficient (Wildman–Crippen LogP) is 3.22. The first-order chi connectivity index (χ1) is 13.0. The molecule has 6 nitrogen and oxygen atoms in total. The summed E-state index contributed by atoms with van der Waals surface area (Å²) >= 11 is 5.90. The van der Waals surface area contributed by atoms with Gasteiger partial charge in [0.15, 0.2) is 0 Å². The van der Waals surface area contributed by atoms with E-state index in [9.17, 15) is 9.59 Å². The largest absolute Gasteiger partial charge is 0.441 e. The van der Waals surface area contributed by atoms with Crippen LogP contribution in [0.3, 0.4) is 0 Å². The Bertz CT molecular complexity index is 775. The summed E-state index contributed by atoms with van der Waals surface area (Å²) < 4.78 is 5.17. The SMILES string of the molecule is NC(=O)OC(CC(=O)N1CCN(c2ccccc2)CC1)c1ccc(Cl)cc1. The number of primary amides is 1. The van der Waals surface area contributed by atoms with Gasteiger partial charge in [-0.15, -0.1) is 0 Å². The number of nitrogens with two attached hydrogens (primary N) is 1. The van der Waals surface area contributed by atoms with Crippen LogP contribution in [0.15, 0.2) is 54.6 Å². The highest BCUT2D eigenvalue weighted by Crippen LogP contribution is 2.25. The second-order valence-electron chi connectivity index (χ2n) is 6.38. The van der Waals surface area contributed by atoms with Gasteiger partial charge >= 0.3 is 6.09 Å². The van der Waals surface area contributed by atoms with Gasteiger partial charge in [-0.3, -0.25) is 4.79 Å². The average molecular weight is 388 g/mol. The fourth-order valence-corrected chi connectivity index (χ4v) is 3.31. The van der Waals surface area contributed by atoms with Crippen LogP contribution in [0.4, 0.5) is 10.5 Å². The Labute approximate surface area is 163 Å². The third-order valence-electron chi connectivity index (χ3n) is 4.61. The maximum Gasteiger partial charge on any atom is 0.405 e. The number of ether oxygens (including phenoxy) is 1. The molecule has 1 saturated heterocycles. The van der Waals surface area contributed by atoms with E-state index in [1.807, 2.05) is 18.2 Å². The monoisotopic (exact) mass is 387 g/mol. The van der Waals surface area contributed by atoms with Crippen molar-refractivity contribution in [2.24, 2.45) is 5.73 Å². The highest BCUT2D eigenvalue weighted by molar-refractivity contribution is 6.30. The number of nitrogens with zero attached hydrogens (tertiary/aromatic N) is 2. The summed E-state index contributed by atoms with van der Waals surface area (Å²) in [5.74, 6) is -0.0658. The summed E-state index contributed by atoms with van der Waals surface area (Å²) in [5, 5.41) is 0.569. The van der Waals surface area contributed by atoms with Crippen molar-refractivity contribution < 1.29 is 14.3 Å². The summed E-state index contributed by atoms with van der Waals surface area (Å²) in [5.41, 5.74) is 7.02. The molecular formula is C20H22ClN3O3. The Balaban J connectivity index is 1.61. The average Bonchev–Trinajstić information content (AvgIpc) is 2.68. The Morgan fingerprint density at radius 3 is 2.22 bits per heavy atom. The third-order valence-corrected chi connectivity index (χ3v) is 4.87. The molecular weight excluding hydrogens is 366 g/mol. The molecule has 0 radical (unpaired) electrons. The molecule has 1 aliphatic rings. The standard InChI is InChI=1S/C20H22ClN3O3/c21-16-8-6-15(7-9-16)18(27-20(22)26)14-19(25)24-12-10-23(11-13-24)17-4-2-1-3-5-17/h1-9,18H,10-14H2,(H2,22,26). The fourth-order valence-electron chi connectivity index (χ4n) is 3.19. The van der Waals surface area contributed by atoms with Gasteiger partial charge < -0.3 is 20.3 Å². The summed E-state index contributed by atoms with van der Waals surface area (Å²) in [4.78, 5) is 28.0. The van der Waals surface area contributed by atoms with Gasteiger partial charge in [-0.1, -0.05) is 41.9 Å². The van der Waals surface area contributed by atoms with Crippen LogP contribution in [0.5, 0.6) is 0 Å². The van der Waals surface area contributed by atoms with Crippen LogP contribution in [0.25, 0.3) is 0 Å². The molecule has 27 heavy (non-hydrogen) atoms. The number of para-hydroxylation sites is 1. The van der Waals surface area contributed by atoms with Crippen molar-refractivity contribution >= 4 is 29.3 Å². The van der Waals surface area contributed by atoms with E-state index in [2.05, 4.69) is 17.0 Å². The van der Waals surface area contributed by atoms with E-state index in [1.54, 1.807) is 29.2 Å². The zero-order valence-corrected chi connectivity index (χ0v) is 15.6. The molecule has 0 aliphatic carbocycles. The van der Waals surface area contributed by atoms with Gasteiger partial charge in [0, 0.05) is 36.9 Å². The molecule has 2 aromatic carbocycles. The van der Waals surface area contributed by atoms with Gasteiger partial charge in [0.1, 0.15) is 6.10 Å². The first-order valence-electron chi connectivity index (χ1n) is 8.82. The van der Waals surface area contributed by atoms with Crippen molar-refractivity contribution in [1.29, 1.82) is 0 Å². The van der Waals surface area contributed by atoms with Crippen LogP contribution in [0, 0.1) is 0 Å². The molecule has 1 fully saturated rings. The van der Waals surface area contributed by atoms with Gasteiger partial charge in [0.25, 0.3) is 0 Å². The number of amides is 2. The molecule has 2 amide bonds. The van der Waals surface area contributed by atoms with Gasteiger partial charge in [0.05, 0.1) is 6.42 Å². The lowest BCUT2D eigenvalue weighted by Gasteiger charge is -2.36. The molecule has 3 rings (SSSR count). The first-order valence-corrected chi connectivity index (χ1v) is 9.20. The smallest absolute Gasteiger partial charge is 0.405 e. The van der Waals surface area contributed by atoms with E-state index >= 15 is 0 Å². The molecule has 1 heterocycles. The minimum Gasteiger partial charge on any atom is -0.441 e. The van der Waals surface area contributed by atoms with Crippen molar-refractivity contribution in [3.63, 3.8) is 0 Å². The number of halogens is 1. The summed E-state index contributed by atoms with van der Waals surface area (Å²) in [6.45, 7) is 2.77. The highest BCUT2D eigenvalue weighted by atomic mass is 35.5. The number of piperazine rings is 1. The molecule has 7 heteroatoms. The van der Waals surface area contributed by atoms with Crippen molar-refractivity contribution in [1.82, 2.24) is 4.90 Å². The van der Waals surface area contributed by atoms with E-state index in [0.717, 1.165) is 18.8 Å². The number of carbonyl (C=O) groups is 2. The normalized spacial score (nSPS) is 15.3. The number of anilines is 1. The summed E-state index contributed by atoms with van der Waals surface area (Å²) in [7, 11) is 0. The minimum atomic E-state index is -0.906. The van der Waals surface area contributed by atoms with Gasteiger partial charge in [0.2, 0.25) is 5.91 Å². The van der Waals surface area contributed by atoms with E-state index in [4.69, 9.17) is 22.1 Å². The molecule has 2 N–H and O–H groups in total. The number of rotatable bonds is 5. The highest BCUT2D eigenvalue weighted by Gasteiger charge is 2.26. The van der Waals surface area contributed by atoms with Crippen LogP contribution in [0.1, 0.15) is 18.1 Å². The van der Waals surface area contributed by atoms with Crippen molar-refractivity contribution in [2.75, 3.05) is 31.1 Å².